The van der Waals surface area contributed by atoms with Crippen molar-refractivity contribution in [1.29, 1.82) is 0 Å². The van der Waals surface area contributed by atoms with Crippen molar-refractivity contribution in [1.82, 2.24) is 9.88 Å². The molecule has 0 unspecified atom stereocenters. The maximum absolute atomic E-state index is 5.68. The minimum Gasteiger partial charge on any atom is -0.378 e. The van der Waals surface area contributed by atoms with Crippen LogP contribution < -0.4 is 5.32 Å². The van der Waals surface area contributed by atoms with E-state index < -0.39 is 0 Å². The van der Waals surface area contributed by atoms with Gasteiger partial charge in [0.05, 0.1) is 6.10 Å². The maximum atomic E-state index is 5.68. The molecule has 0 aliphatic carbocycles. The Hall–Kier alpha value is -0.650. The van der Waals surface area contributed by atoms with Crippen LogP contribution in [0.25, 0.3) is 0 Å². The summed E-state index contributed by atoms with van der Waals surface area (Å²) in [5.41, 5.74) is 0. The van der Waals surface area contributed by atoms with E-state index in [-0.39, 0.29) is 0 Å². The lowest BCUT2D eigenvalue weighted by Crippen LogP contribution is -2.36. The molecule has 108 valence electrons. The van der Waals surface area contributed by atoms with E-state index in [1.807, 2.05) is 6.20 Å². The Morgan fingerprint density at radius 3 is 2.89 bits per heavy atom. The van der Waals surface area contributed by atoms with Gasteiger partial charge in [-0.25, -0.2) is 4.98 Å². The number of ether oxygens (including phenoxy) is 1. The Morgan fingerprint density at radius 1 is 1.42 bits per heavy atom. The molecule has 0 amide bonds. The lowest BCUT2D eigenvalue weighted by Gasteiger charge is -2.31. The van der Waals surface area contributed by atoms with Crippen molar-refractivity contribution < 1.29 is 4.74 Å². The summed E-state index contributed by atoms with van der Waals surface area (Å²) in [4.78, 5) is 8.28. The van der Waals surface area contributed by atoms with Crippen LogP contribution in [0.4, 0.5) is 5.13 Å². The fraction of sp³-hybridized carbons (Fsp3) is 0.786. The molecule has 1 saturated heterocycles. The van der Waals surface area contributed by atoms with Crippen molar-refractivity contribution in [2.75, 3.05) is 31.6 Å². The third-order valence-corrected chi connectivity index (χ3v) is 4.34. The zero-order chi connectivity index (χ0) is 13.5. The van der Waals surface area contributed by atoms with Crippen LogP contribution in [0.1, 0.15) is 38.0 Å². The molecule has 2 heterocycles. The van der Waals surface area contributed by atoms with E-state index in [0.717, 1.165) is 57.2 Å². The van der Waals surface area contributed by atoms with Crippen molar-refractivity contribution in [2.45, 2.75) is 45.8 Å². The maximum Gasteiger partial charge on any atom is 0.182 e. The predicted octanol–water partition coefficient (Wildman–Crippen LogP) is 2.97. The van der Waals surface area contributed by atoms with Gasteiger partial charge in [0.1, 0.15) is 0 Å². The summed E-state index contributed by atoms with van der Waals surface area (Å²) in [5.74, 6) is 0. The van der Waals surface area contributed by atoms with Crippen molar-refractivity contribution >= 4 is 16.5 Å². The highest BCUT2D eigenvalue weighted by molar-refractivity contribution is 7.15. The van der Waals surface area contributed by atoms with Gasteiger partial charge in [0.2, 0.25) is 0 Å². The summed E-state index contributed by atoms with van der Waals surface area (Å²) in [6, 6.07) is 0. The highest BCUT2D eigenvalue weighted by Gasteiger charge is 2.19. The molecular formula is C14H25N3OS. The van der Waals surface area contributed by atoms with E-state index >= 15 is 0 Å². The van der Waals surface area contributed by atoms with E-state index in [4.69, 9.17) is 4.74 Å². The van der Waals surface area contributed by atoms with Gasteiger partial charge in [0, 0.05) is 43.9 Å². The van der Waals surface area contributed by atoms with Crippen LogP contribution in [0, 0.1) is 0 Å². The van der Waals surface area contributed by atoms with Gasteiger partial charge >= 0.3 is 0 Å². The van der Waals surface area contributed by atoms with Gasteiger partial charge in [-0.3, -0.25) is 4.90 Å². The molecule has 0 atom stereocenters. The topological polar surface area (TPSA) is 37.4 Å². The second kappa shape index (κ2) is 7.82. The molecule has 19 heavy (non-hydrogen) atoms. The SMILES string of the molecule is CCCNc1ncc(CN2CCC(OCC)CC2)s1. The molecule has 0 bridgehead atoms. The zero-order valence-corrected chi connectivity index (χ0v) is 12.8. The van der Waals surface area contributed by atoms with E-state index in [0.29, 0.717) is 6.10 Å². The summed E-state index contributed by atoms with van der Waals surface area (Å²) in [5, 5.41) is 4.40. The average Bonchev–Trinajstić information content (AvgIpc) is 2.87. The summed E-state index contributed by atoms with van der Waals surface area (Å²) >= 11 is 1.78. The van der Waals surface area contributed by atoms with Crippen molar-refractivity contribution in [2.24, 2.45) is 0 Å². The van der Waals surface area contributed by atoms with Gasteiger partial charge in [0.15, 0.2) is 5.13 Å². The van der Waals surface area contributed by atoms with Crippen molar-refractivity contribution in [3.8, 4) is 0 Å². The van der Waals surface area contributed by atoms with Crippen LogP contribution >= 0.6 is 11.3 Å². The second-order valence-corrected chi connectivity index (χ2v) is 6.10. The van der Waals surface area contributed by atoms with Gasteiger partial charge in [-0.15, -0.1) is 11.3 Å². The molecule has 1 aromatic rings. The Bertz CT molecular complexity index is 361. The molecular weight excluding hydrogens is 258 g/mol. The second-order valence-electron chi connectivity index (χ2n) is 4.99. The molecule has 0 saturated carbocycles. The summed E-state index contributed by atoms with van der Waals surface area (Å²) in [7, 11) is 0. The molecule has 0 radical (unpaired) electrons. The minimum atomic E-state index is 0.476. The fourth-order valence-electron chi connectivity index (χ4n) is 2.38. The molecule has 5 heteroatoms. The first-order valence-electron chi connectivity index (χ1n) is 7.34. The molecule has 4 nitrogen and oxygen atoms in total. The largest absolute Gasteiger partial charge is 0.378 e. The highest BCUT2D eigenvalue weighted by Crippen LogP contribution is 2.22. The Balaban J connectivity index is 1.74. The lowest BCUT2D eigenvalue weighted by atomic mass is 10.1. The third kappa shape index (κ3) is 4.75. The van der Waals surface area contributed by atoms with Crippen molar-refractivity contribution in [3.63, 3.8) is 0 Å². The van der Waals surface area contributed by atoms with Crippen LogP contribution in [0.5, 0.6) is 0 Å². The first kappa shape index (κ1) is 14.8. The minimum absolute atomic E-state index is 0.476. The van der Waals surface area contributed by atoms with E-state index in [2.05, 4.69) is 29.0 Å². The number of aromatic nitrogens is 1. The number of likely N-dealkylation sites (tertiary alicyclic amines) is 1. The first-order valence-corrected chi connectivity index (χ1v) is 8.16. The van der Waals surface area contributed by atoms with Gasteiger partial charge in [0.25, 0.3) is 0 Å². The molecule has 1 aliphatic heterocycles. The monoisotopic (exact) mass is 283 g/mol. The molecule has 1 N–H and O–H groups in total. The molecule has 1 aliphatic rings. The normalized spacial score (nSPS) is 17.8. The molecule has 1 fully saturated rings. The number of hydrogen-bond acceptors (Lipinski definition) is 5. The van der Waals surface area contributed by atoms with Gasteiger partial charge < -0.3 is 10.1 Å². The van der Waals surface area contributed by atoms with Gasteiger partial charge in [-0.1, -0.05) is 6.92 Å². The highest BCUT2D eigenvalue weighted by atomic mass is 32.1. The van der Waals surface area contributed by atoms with Crippen LogP contribution in [0.3, 0.4) is 0 Å². The first-order chi connectivity index (χ1) is 9.31. The van der Waals surface area contributed by atoms with E-state index in [1.165, 1.54) is 4.88 Å². The number of nitrogens with one attached hydrogen (secondary N) is 1. The molecule has 1 aromatic heterocycles. The summed E-state index contributed by atoms with van der Waals surface area (Å²) in [6.07, 6.45) is 5.95. The molecule has 2 rings (SSSR count). The van der Waals surface area contributed by atoms with Crippen molar-refractivity contribution in [3.05, 3.63) is 11.1 Å². The molecule has 0 spiro atoms. The Labute approximate surface area is 120 Å². The zero-order valence-electron chi connectivity index (χ0n) is 12.0. The van der Waals surface area contributed by atoms with Crippen LogP contribution in [0.15, 0.2) is 6.20 Å². The number of piperidine rings is 1. The number of anilines is 1. The number of thiazole rings is 1. The Morgan fingerprint density at radius 2 is 2.21 bits per heavy atom. The van der Waals surface area contributed by atoms with Gasteiger partial charge in [-0.05, 0) is 26.2 Å². The average molecular weight is 283 g/mol. The number of hydrogen-bond donors (Lipinski definition) is 1. The van der Waals surface area contributed by atoms with Gasteiger partial charge in [-0.2, -0.15) is 0 Å². The summed E-state index contributed by atoms with van der Waals surface area (Å²) in [6.45, 7) is 9.40. The van der Waals surface area contributed by atoms with Crippen LogP contribution in [0.2, 0.25) is 0 Å². The van der Waals surface area contributed by atoms with E-state index in [1.54, 1.807) is 11.3 Å². The summed E-state index contributed by atoms with van der Waals surface area (Å²) < 4.78 is 5.68. The standard InChI is InChI=1S/C14H25N3OS/c1-3-7-15-14-16-10-13(19-14)11-17-8-5-12(6-9-17)18-4-2/h10,12H,3-9,11H2,1-2H3,(H,15,16). The Kier molecular flexibility index (Phi) is 6.07. The lowest BCUT2D eigenvalue weighted by molar-refractivity contribution is 0.0127. The fourth-order valence-corrected chi connectivity index (χ4v) is 3.26. The predicted molar refractivity (Wildman–Crippen MR) is 80.8 cm³/mol. The van der Waals surface area contributed by atoms with Crippen LogP contribution in [-0.4, -0.2) is 42.2 Å². The van der Waals surface area contributed by atoms with E-state index in [9.17, 15) is 0 Å². The molecule has 0 aromatic carbocycles. The quantitative estimate of drug-likeness (QED) is 0.835. The smallest absolute Gasteiger partial charge is 0.182 e. The van der Waals surface area contributed by atoms with Crippen LogP contribution in [-0.2, 0) is 11.3 Å². The number of nitrogens with zero attached hydrogens (tertiary/aromatic N) is 2. The number of rotatable bonds is 7. The third-order valence-electron chi connectivity index (χ3n) is 3.40.